The van der Waals surface area contributed by atoms with Crippen molar-refractivity contribution in [3.05, 3.63) is 72.6 Å². The molecule has 0 aliphatic rings. The highest BCUT2D eigenvalue weighted by molar-refractivity contribution is 5.90. The van der Waals surface area contributed by atoms with Crippen LogP contribution in [0.15, 0.2) is 67.0 Å². The number of hydrogen-bond donors (Lipinski definition) is 1. The fraction of sp³-hybridized carbons (Fsp3) is 0.0500. The van der Waals surface area contributed by atoms with Gasteiger partial charge in [0, 0.05) is 11.8 Å². The van der Waals surface area contributed by atoms with Crippen LogP contribution in [0.2, 0.25) is 0 Å². The lowest BCUT2D eigenvalue weighted by Gasteiger charge is -2.05. The van der Waals surface area contributed by atoms with Gasteiger partial charge in [0.15, 0.2) is 0 Å². The second-order valence-corrected chi connectivity index (χ2v) is 5.63. The quantitative estimate of drug-likeness (QED) is 0.575. The van der Waals surface area contributed by atoms with Crippen LogP contribution in [0.4, 0.5) is 0 Å². The van der Waals surface area contributed by atoms with E-state index in [0.717, 1.165) is 33.5 Å². The Bertz CT molecular complexity index is 1020. The van der Waals surface area contributed by atoms with Crippen molar-refractivity contribution in [2.24, 2.45) is 0 Å². The Balaban J connectivity index is 1.70. The smallest absolute Gasteiger partial charge is 0.337 e. The largest absolute Gasteiger partial charge is 0.465 e. The van der Waals surface area contributed by atoms with Crippen molar-refractivity contribution >= 4 is 17.0 Å². The van der Waals surface area contributed by atoms with E-state index in [2.05, 4.69) is 21.0 Å². The van der Waals surface area contributed by atoms with E-state index < -0.39 is 0 Å². The van der Waals surface area contributed by atoms with Gasteiger partial charge in [-0.3, -0.25) is 4.98 Å². The maximum atomic E-state index is 11.5. The lowest BCUT2D eigenvalue weighted by molar-refractivity contribution is 0.0601. The summed E-state index contributed by atoms with van der Waals surface area (Å²) < 4.78 is 4.73. The van der Waals surface area contributed by atoms with Gasteiger partial charge in [0.25, 0.3) is 0 Å². The standard InChI is InChI=1S/C20H15N3O2/c1-25-20(24)14-7-5-13(6-8-14)15-3-2-4-16(11-15)19-22-17-9-10-21-12-18(17)23-19/h2-12H,1H3,(H,22,23). The second kappa shape index (κ2) is 6.20. The molecule has 0 unspecified atom stereocenters. The SMILES string of the molecule is COC(=O)c1ccc(-c2cccc(-c3nc4ccncc4[nH]3)c2)cc1. The van der Waals surface area contributed by atoms with Crippen molar-refractivity contribution < 1.29 is 9.53 Å². The minimum atomic E-state index is -0.337. The first-order valence-corrected chi connectivity index (χ1v) is 7.83. The van der Waals surface area contributed by atoms with Crippen LogP contribution in [0.25, 0.3) is 33.5 Å². The van der Waals surface area contributed by atoms with Gasteiger partial charge in [-0.15, -0.1) is 0 Å². The van der Waals surface area contributed by atoms with Crippen LogP contribution in [-0.2, 0) is 4.74 Å². The molecule has 0 radical (unpaired) electrons. The summed E-state index contributed by atoms with van der Waals surface area (Å²) in [5, 5.41) is 0. The fourth-order valence-corrected chi connectivity index (χ4v) is 2.76. The van der Waals surface area contributed by atoms with Gasteiger partial charge in [0.2, 0.25) is 0 Å². The first-order chi connectivity index (χ1) is 12.2. The molecular formula is C20H15N3O2. The molecule has 5 nitrogen and oxygen atoms in total. The number of carbonyl (C=O) groups is 1. The maximum Gasteiger partial charge on any atom is 0.337 e. The Morgan fingerprint density at radius 2 is 1.80 bits per heavy atom. The monoisotopic (exact) mass is 329 g/mol. The number of methoxy groups -OCH3 is 1. The summed E-state index contributed by atoms with van der Waals surface area (Å²) in [6, 6.07) is 17.3. The van der Waals surface area contributed by atoms with E-state index in [1.807, 2.05) is 36.4 Å². The zero-order valence-corrected chi connectivity index (χ0v) is 13.6. The molecule has 122 valence electrons. The molecule has 25 heavy (non-hydrogen) atoms. The van der Waals surface area contributed by atoms with Gasteiger partial charge in [0.1, 0.15) is 5.82 Å². The number of ether oxygens (including phenoxy) is 1. The van der Waals surface area contributed by atoms with Crippen molar-refractivity contribution in [3.63, 3.8) is 0 Å². The third-order valence-corrected chi connectivity index (χ3v) is 4.06. The molecule has 2 aromatic carbocycles. The minimum Gasteiger partial charge on any atom is -0.465 e. The summed E-state index contributed by atoms with van der Waals surface area (Å²) in [6.45, 7) is 0. The molecule has 4 rings (SSSR count). The number of fused-ring (bicyclic) bond motifs is 1. The van der Waals surface area contributed by atoms with E-state index in [1.54, 1.807) is 24.5 Å². The topological polar surface area (TPSA) is 67.9 Å². The van der Waals surface area contributed by atoms with Crippen molar-refractivity contribution in [2.45, 2.75) is 0 Å². The van der Waals surface area contributed by atoms with Crippen LogP contribution in [0.1, 0.15) is 10.4 Å². The molecule has 0 amide bonds. The molecule has 4 aromatic rings. The summed E-state index contributed by atoms with van der Waals surface area (Å²) in [5.74, 6) is 0.465. The van der Waals surface area contributed by atoms with E-state index in [1.165, 1.54) is 7.11 Å². The Labute approximate surface area is 144 Å². The first kappa shape index (κ1) is 15.1. The number of nitrogens with one attached hydrogen (secondary N) is 1. The number of nitrogens with zero attached hydrogens (tertiary/aromatic N) is 2. The zero-order chi connectivity index (χ0) is 17.2. The zero-order valence-electron chi connectivity index (χ0n) is 13.6. The van der Waals surface area contributed by atoms with E-state index in [4.69, 9.17) is 4.74 Å². The Kier molecular flexibility index (Phi) is 3.74. The van der Waals surface area contributed by atoms with Crippen LogP contribution in [0.5, 0.6) is 0 Å². The van der Waals surface area contributed by atoms with Crippen molar-refractivity contribution in [2.75, 3.05) is 7.11 Å². The summed E-state index contributed by atoms with van der Waals surface area (Å²) in [4.78, 5) is 23.5. The maximum absolute atomic E-state index is 11.5. The molecule has 0 aliphatic heterocycles. The molecule has 2 aromatic heterocycles. The van der Waals surface area contributed by atoms with Crippen LogP contribution in [-0.4, -0.2) is 28.0 Å². The summed E-state index contributed by atoms with van der Waals surface area (Å²) in [7, 11) is 1.38. The van der Waals surface area contributed by atoms with Gasteiger partial charge in [-0.2, -0.15) is 0 Å². The molecule has 0 saturated carbocycles. The number of carbonyl (C=O) groups excluding carboxylic acids is 1. The third-order valence-electron chi connectivity index (χ3n) is 4.06. The first-order valence-electron chi connectivity index (χ1n) is 7.83. The Morgan fingerprint density at radius 3 is 2.56 bits per heavy atom. The molecule has 0 atom stereocenters. The minimum absolute atomic E-state index is 0.337. The molecule has 0 saturated heterocycles. The lowest BCUT2D eigenvalue weighted by atomic mass is 10.0. The van der Waals surface area contributed by atoms with Crippen LogP contribution < -0.4 is 0 Å². The number of hydrogen-bond acceptors (Lipinski definition) is 4. The third kappa shape index (κ3) is 2.87. The van der Waals surface area contributed by atoms with E-state index >= 15 is 0 Å². The number of rotatable bonds is 3. The van der Waals surface area contributed by atoms with Gasteiger partial charge in [-0.05, 0) is 35.4 Å². The average molecular weight is 329 g/mol. The van der Waals surface area contributed by atoms with Gasteiger partial charge in [0.05, 0.1) is 29.9 Å². The molecule has 0 fully saturated rings. The van der Waals surface area contributed by atoms with Gasteiger partial charge in [-0.1, -0.05) is 30.3 Å². The number of H-pyrrole nitrogens is 1. The molecule has 0 spiro atoms. The summed E-state index contributed by atoms with van der Waals surface area (Å²) in [5.41, 5.74) is 5.39. The Morgan fingerprint density at radius 1 is 1.00 bits per heavy atom. The highest BCUT2D eigenvalue weighted by Crippen LogP contribution is 2.26. The van der Waals surface area contributed by atoms with Crippen molar-refractivity contribution in [1.82, 2.24) is 15.0 Å². The predicted octanol–water partition coefficient (Wildman–Crippen LogP) is 4.08. The molecule has 0 bridgehead atoms. The van der Waals surface area contributed by atoms with Crippen LogP contribution in [0.3, 0.4) is 0 Å². The lowest BCUT2D eigenvalue weighted by Crippen LogP contribution is -2.00. The number of imidazole rings is 1. The van der Waals surface area contributed by atoms with Gasteiger partial charge >= 0.3 is 5.97 Å². The number of aromatic amines is 1. The molecule has 1 N–H and O–H groups in total. The van der Waals surface area contributed by atoms with Crippen molar-refractivity contribution in [1.29, 1.82) is 0 Å². The second-order valence-electron chi connectivity index (χ2n) is 5.63. The summed E-state index contributed by atoms with van der Waals surface area (Å²) >= 11 is 0. The van der Waals surface area contributed by atoms with E-state index in [-0.39, 0.29) is 5.97 Å². The normalized spacial score (nSPS) is 10.8. The highest BCUT2D eigenvalue weighted by atomic mass is 16.5. The van der Waals surface area contributed by atoms with E-state index in [0.29, 0.717) is 5.56 Å². The number of pyridine rings is 1. The number of aromatic nitrogens is 3. The van der Waals surface area contributed by atoms with Gasteiger partial charge < -0.3 is 9.72 Å². The molecule has 5 heteroatoms. The average Bonchev–Trinajstić information content (AvgIpc) is 3.12. The highest BCUT2D eigenvalue weighted by Gasteiger charge is 2.08. The number of esters is 1. The molecular weight excluding hydrogens is 314 g/mol. The van der Waals surface area contributed by atoms with Gasteiger partial charge in [-0.25, -0.2) is 9.78 Å². The fourth-order valence-electron chi connectivity index (χ4n) is 2.76. The predicted molar refractivity (Wildman–Crippen MR) is 96.1 cm³/mol. The van der Waals surface area contributed by atoms with Crippen molar-refractivity contribution in [3.8, 4) is 22.5 Å². The summed E-state index contributed by atoms with van der Waals surface area (Å²) in [6.07, 6.45) is 3.49. The Hall–Kier alpha value is -3.47. The number of benzene rings is 2. The molecule has 0 aliphatic carbocycles. The van der Waals surface area contributed by atoms with E-state index in [9.17, 15) is 4.79 Å². The van der Waals surface area contributed by atoms with Crippen LogP contribution >= 0.6 is 0 Å². The molecule has 2 heterocycles. The van der Waals surface area contributed by atoms with Crippen LogP contribution in [0, 0.1) is 0 Å².